The van der Waals surface area contributed by atoms with Crippen LogP contribution in [0, 0.1) is 0 Å². The molecule has 0 aliphatic heterocycles. The molecule has 3 nitrogen and oxygen atoms in total. The van der Waals surface area contributed by atoms with Gasteiger partial charge in [-0.1, -0.05) is 53.7 Å². The van der Waals surface area contributed by atoms with Crippen LogP contribution < -0.4 is 5.32 Å². The molecule has 0 saturated carbocycles. The number of rotatable bonds is 4. The van der Waals surface area contributed by atoms with E-state index in [1.807, 2.05) is 60.7 Å². The Bertz CT molecular complexity index is 480. The highest BCUT2D eigenvalue weighted by Gasteiger charge is 2.02. The van der Waals surface area contributed by atoms with Crippen molar-refractivity contribution in [2.75, 3.05) is 11.9 Å². The van der Waals surface area contributed by atoms with Crippen molar-refractivity contribution in [1.29, 1.82) is 0 Å². The molecule has 0 fully saturated rings. The van der Waals surface area contributed by atoms with Gasteiger partial charge >= 0.3 is 0 Å². The maximum absolute atomic E-state index is 9.01. The number of nitrogens with zero attached hydrogens (tertiary/aromatic N) is 1. The van der Waals surface area contributed by atoms with Gasteiger partial charge in [-0.05, 0) is 12.1 Å². The van der Waals surface area contributed by atoms with Gasteiger partial charge in [-0.15, -0.1) is 0 Å². The molecule has 2 rings (SSSR count). The molecule has 0 aliphatic carbocycles. The Labute approximate surface area is 100 Å². The number of anilines is 1. The highest BCUT2D eigenvalue weighted by molar-refractivity contribution is 6.02. The fraction of sp³-hybridized carbons (Fsp3) is 0.0714. The SMILES string of the molecule is O/N=C(/CNc1ccccc1)c1ccccc1. The van der Waals surface area contributed by atoms with Crippen molar-refractivity contribution in [1.82, 2.24) is 0 Å². The van der Waals surface area contributed by atoms with Gasteiger partial charge in [-0.2, -0.15) is 0 Å². The maximum Gasteiger partial charge on any atom is 0.106 e. The molecular weight excluding hydrogens is 212 g/mol. The predicted octanol–water partition coefficient (Wildman–Crippen LogP) is 2.98. The average molecular weight is 226 g/mol. The third-order valence-corrected chi connectivity index (χ3v) is 2.46. The largest absolute Gasteiger partial charge is 0.411 e. The third kappa shape index (κ3) is 3.08. The molecule has 17 heavy (non-hydrogen) atoms. The second-order valence-electron chi connectivity index (χ2n) is 3.63. The monoisotopic (exact) mass is 226 g/mol. The molecule has 0 bridgehead atoms. The first-order chi connectivity index (χ1) is 8.40. The molecule has 2 aromatic rings. The molecule has 0 spiro atoms. The number of hydrogen-bond donors (Lipinski definition) is 2. The molecule has 0 amide bonds. The van der Waals surface area contributed by atoms with E-state index in [4.69, 9.17) is 5.21 Å². The summed E-state index contributed by atoms with van der Waals surface area (Å²) in [5.74, 6) is 0. The molecular formula is C14H14N2O. The minimum absolute atomic E-state index is 0.491. The summed E-state index contributed by atoms with van der Waals surface area (Å²) in [7, 11) is 0. The number of hydrogen-bond acceptors (Lipinski definition) is 3. The molecule has 0 unspecified atom stereocenters. The predicted molar refractivity (Wildman–Crippen MR) is 69.7 cm³/mol. The standard InChI is InChI=1S/C14H14N2O/c17-16-14(12-7-3-1-4-8-12)11-15-13-9-5-2-6-10-13/h1-10,15,17H,11H2/b16-14-. The molecule has 3 heteroatoms. The first kappa shape index (κ1) is 11.2. The number of nitrogens with one attached hydrogen (secondary N) is 1. The maximum atomic E-state index is 9.01. The van der Waals surface area contributed by atoms with Gasteiger partial charge in [0.15, 0.2) is 0 Å². The lowest BCUT2D eigenvalue weighted by Crippen LogP contribution is -2.15. The molecule has 0 saturated heterocycles. The average Bonchev–Trinajstić information content (AvgIpc) is 2.42. The summed E-state index contributed by atoms with van der Waals surface area (Å²) in [6.07, 6.45) is 0. The van der Waals surface area contributed by atoms with Crippen molar-refractivity contribution in [3.63, 3.8) is 0 Å². The van der Waals surface area contributed by atoms with E-state index in [2.05, 4.69) is 10.5 Å². The van der Waals surface area contributed by atoms with Gasteiger partial charge in [0.1, 0.15) is 5.71 Å². The lowest BCUT2D eigenvalue weighted by Gasteiger charge is -2.07. The summed E-state index contributed by atoms with van der Waals surface area (Å²) in [5.41, 5.74) is 2.54. The van der Waals surface area contributed by atoms with Crippen molar-refractivity contribution in [2.24, 2.45) is 5.16 Å². The van der Waals surface area contributed by atoms with Crippen molar-refractivity contribution >= 4 is 11.4 Å². The summed E-state index contributed by atoms with van der Waals surface area (Å²) in [5, 5.41) is 15.5. The number of oxime groups is 1. The van der Waals surface area contributed by atoms with Crippen LogP contribution >= 0.6 is 0 Å². The lowest BCUT2D eigenvalue weighted by atomic mass is 10.1. The highest BCUT2D eigenvalue weighted by atomic mass is 16.4. The van der Waals surface area contributed by atoms with E-state index in [0.29, 0.717) is 12.3 Å². The molecule has 2 N–H and O–H groups in total. The summed E-state index contributed by atoms with van der Waals surface area (Å²) < 4.78 is 0. The number of benzene rings is 2. The lowest BCUT2D eigenvalue weighted by molar-refractivity contribution is 0.319. The van der Waals surface area contributed by atoms with Crippen molar-refractivity contribution in [2.45, 2.75) is 0 Å². The van der Waals surface area contributed by atoms with Crippen LogP contribution in [0.4, 0.5) is 5.69 Å². The first-order valence-corrected chi connectivity index (χ1v) is 5.45. The minimum atomic E-state index is 0.491. The molecule has 0 atom stereocenters. The van der Waals surface area contributed by atoms with Gasteiger partial charge in [-0.25, -0.2) is 0 Å². The Hall–Kier alpha value is -2.29. The molecule has 0 aliphatic rings. The van der Waals surface area contributed by atoms with E-state index < -0.39 is 0 Å². The van der Waals surface area contributed by atoms with Crippen LogP contribution in [0.3, 0.4) is 0 Å². The van der Waals surface area contributed by atoms with Crippen LogP contribution in [-0.4, -0.2) is 17.5 Å². The fourth-order valence-corrected chi connectivity index (χ4v) is 1.57. The van der Waals surface area contributed by atoms with Crippen LogP contribution in [0.15, 0.2) is 65.8 Å². The van der Waals surface area contributed by atoms with Crippen molar-refractivity contribution < 1.29 is 5.21 Å². The molecule has 0 heterocycles. The number of para-hydroxylation sites is 1. The Balaban J connectivity index is 2.03. The van der Waals surface area contributed by atoms with E-state index in [9.17, 15) is 0 Å². The smallest absolute Gasteiger partial charge is 0.106 e. The molecule has 0 aromatic heterocycles. The Morgan fingerprint density at radius 2 is 1.53 bits per heavy atom. The van der Waals surface area contributed by atoms with Gasteiger partial charge < -0.3 is 10.5 Å². The van der Waals surface area contributed by atoms with Crippen LogP contribution in [0.5, 0.6) is 0 Å². The summed E-state index contributed by atoms with van der Waals surface area (Å²) in [4.78, 5) is 0. The Morgan fingerprint density at radius 3 is 2.12 bits per heavy atom. The minimum Gasteiger partial charge on any atom is -0.411 e. The second kappa shape index (κ2) is 5.70. The Kier molecular flexibility index (Phi) is 3.76. The van der Waals surface area contributed by atoms with Gasteiger partial charge in [0.05, 0.1) is 6.54 Å². The molecule has 86 valence electrons. The van der Waals surface area contributed by atoms with E-state index in [1.165, 1.54) is 0 Å². The quantitative estimate of drug-likeness (QED) is 0.478. The topological polar surface area (TPSA) is 44.6 Å². The summed E-state index contributed by atoms with van der Waals surface area (Å²) in [6.45, 7) is 0.491. The van der Waals surface area contributed by atoms with Crippen molar-refractivity contribution in [3.8, 4) is 0 Å². The van der Waals surface area contributed by atoms with Crippen LogP contribution in [0.25, 0.3) is 0 Å². The summed E-state index contributed by atoms with van der Waals surface area (Å²) >= 11 is 0. The van der Waals surface area contributed by atoms with Crippen molar-refractivity contribution in [3.05, 3.63) is 66.2 Å². The normalized spacial score (nSPS) is 11.2. The van der Waals surface area contributed by atoms with Crippen LogP contribution in [-0.2, 0) is 0 Å². The molecule has 2 aromatic carbocycles. The third-order valence-electron chi connectivity index (χ3n) is 2.46. The van der Waals surface area contributed by atoms with Gasteiger partial charge in [0.2, 0.25) is 0 Å². The van der Waals surface area contributed by atoms with Gasteiger partial charge in [-0.3, -0.25) is 0 Å². The first-order valence-electron chi connectivity index (χ1n) is 5.45. The van der Waals surface area contributed by atoms with Gasteiger partial charge in [0, 0.05) is 11.3 Å². The molecule has 0 radical (unpaired) electrons. The zero-order chi connectivity index (χ0) is 11.9. The second-order valence-corrected chi connectivity index (χ2v) is 3.63. The van der Waals surface area contributed by atoms with E-state index in [1.54, 1.807) is 0 Å². The van der Waals surface area contributed by atoms with Crippen LogP contribution in [0.1, 0.15) is 5.56 Å². The van der Waals surface area contributed by atoms with Gasteiger partial charge in [0.25, 0.3) is 0 Å². The van der Waals surface area contributed by atoms with E-state index in [-0.39, 0.29) is 0 Å². The van der Waals surface area contributed by atoms with E-state index in [0.717, 1.165) is 11.3 Å². The zero-order valence-electron chi connectivity index (χ0n) is 9.38. The summed E-state index contributed by atoms with van der Waals surface area (Å²) in [6, 6.07) is 19.4. The van der Waals surface area contributed by atoms with E-state index >= 15 is 0 Å². The Morgan fingerprint density at radius 1 is 0.941 bits per heavy atom. The highest BCUT2D eigenvalue weighted by Crippen LogP contribution is 2.06. The van der Waals surface area contributed by atoms with Crippen LogP contribution in [0.2, 0.25) is 0 Å². The zero-order valence-corrected chi connectivity index (χ0v) is 9.38. The fourth-order valence-electron chi connectivity index (χ4n) is 1.57.